The minimum atomic E-state index is -1.81. The quantitative estimate of drug-likeness (QED) is 0.150. The van der Waals surface area contributed by atoms with Crippen molar-refractivity contribution in [3.63, 3.8) is 0 Å². The van der Waals surface area contributed by atoms with Gasteiger partial charge >= 0.3 is 14.2 Å². The van der Waals surface area contributed by atoms with Crippen LogP contribution in [-0.4, -0.2) is 63.1 Å². The minimum Gasteiger partial charge on any atom is -0.508 e. The van der Waals surface area contributed by atoms with Gasteiger partial charge in [-0.15, -0.1) is 0 Å². The van der Waals surface area contributed by atoms with Crippen molar-refractivity contribution in [1.29, 1.82) is 0 Å². The number of fused-ring (bicyclic) bond motifs is 4. The zero-order valence-electron chi connectivity index (χ0n) is 23.8. The molecule has 3 aromatic rings. The number of para-hydroxylation sites is 1. The molecule has 2 heterocycles. The van der Waals surface area contributed by atoms with Crippen molar-refractivity contribution in [1.82, 2.24) is 0 Å². The van der Waals surface area contributed by atoms with Crippen LogP contribution in [0.1, 0.15) is 24.3 Å². The molecule has 4 aliphatic rings. The van der Waals surface area contributed by atoms with E-state index in [1.54, 1.807) is 24.3 Å². The maximum Gasteiger partial charge on any atom is 0.488 e. The molecule has 0 spiro atoms. The number of allylic oxidation sites excluding steroid dienone is 2. The summed E-state index contributed by atoms with van der Waals surface area (Å²) in [6.45, 7) is 0. The van der Waals surface area contributed by atoms with Crippen molar-refractivity contribution in [2.24, 2.45) is 29.6 Å². The van der Waals surface area contributed by atoms with Crippen LogP contribution in [-0.2, 0) is 19.2 Å². The van der Waals surface area contributed by atoms with Gasteiger partial charge in [-0.3, -0.25) is 29.0 Å². The summed E-state index contributed by atoms with van der Waals surface area (Å²) in [6, 6.07) is 18.3. The van der Waals surface area contributed by atoms with Gasteiger partial charge in [-0.25, -0.2) is 0 Å². The molecular weight excluding hydrogens is 578 g/mol. The standard InChI is InChI=1S/C32H28B2N2O9/c37-25-10-2-1-9-21(25)26-20-11-12-22-27(31(40)35(29(22)38)18-7-3-5-16(13-18)33(42)43)23(20)15-24-28(26)32(41)36(30(24)39)19-8-4-6-17(14-19)34(44)45/h1-11,13-14,22-24,26-28,37,42-45H,12,15H2. The van der Waals surface area contributed by atoms with E-state index in [0.29, 0.717) is 11.1 Å². The van der Waals surface area contributed by atoms with Gasteiger partial charge in [0.05, 0.1) is 35.0 Å². The summed E-state index contributed by atoms with van der Waals surface area (Å²) in [5.74, 6) is -6.66. The first-order valence-corrected chi connectivity index (χ1v) is 14.7. The third-order valence-electron chi connectivity index (χ3n) is 9.77. The Morgan fingerprint density at radius 3 is 1.76 bits per heavy atom. The minimum absolute atomic E-state index is 0.0659. The molecule has 3 aromatic carbocycles. The molecule has 7 rings (SSSR count). The fourth-order valence-corrected chi connectivity index (χ4v) is 7.85. The number of imide groups is 2. The average molecular weight is 606 g/mol. The Balaban J connectivity index is 1.32. The highest BCUT2D eigenvalue weighted by atomic mass is 16.4. The number of benzene rings is 3. The Hall–Kier alpha value is -4.55. The number of aromatic hydroxyl groups is 1. The van der Waals surface area contributed by atoms with Crippen LogP contribution in [0.15, 0.2) is 84.4 Å². The van der Waals surface area contributed by atoms with Crippen LogP contribution in [0, 0.1) is 29.6 Å². The molecule has 11 nitrogen and oxygen atoms in total. The Morgan fingerprint density at radius 2 is 1.18 bits per heavy atom. The Morgan fingerprint density at radius 1 is 0.622 bits per heavy atom. The van der Waals surface area contributed by atoms with Gasteiger partial charge in [0.25, 0.3) is 0 Å². The van der Waals surface area contributed by atoms with Crippen LogP contribution in [0.3, 0.4) is 0 Å². The van der Waals surface area contributed by atoms with Gasteiger partial charge in [0.2, 0.25) is 23.6 Å². The number of amides is 4. The number of phenolic OH excluding ortho intramolecular Hbond substituents is 1. The number of anilines is 2. The Labute approximate surface area is 258 Å². The molecule has 3 fully saturated rings. The molecule has 0 radical (unpaired) electrons. The van der Waals surface area contributed by atoms with Gasteiger partial charge in [-0.1, -0.05) is 54.1 Å². The van der Waals surface area contributed by atoms with E-state index in [1.165, 1.54) is 48.5 Å². The third kappa shape index (κ3) is 4.45. The maximum atomic E-state index is 14.2. The number of carbonyl (C=O) groups is 4. The van der Waals surface area contributed by atoms with E-state index in [0.717, 1.165) is 9.80 Å². The average Bonchev–Trinajstić information content (AvgIpc) is 3.44. The number of nitrogens with zero attached hydrogens (tertiary/aromatic N) is 2. The predicted octanol–water partition coefficient (Wildman–Crippen LogP) is -0.203. The van der Waals surface area contributed by atoms with Crippen LogP contribution in [0.2, 0.25) is 0 Å². The normalized spacial score (nSPS) is 27.2. The highest BCUT2D eigenvalue weighted by Gasteiger charge is 2.62. The molecule has 13 heteroatoms. The van der Waals surface area contributed by atoms with Gasteiger partial charge < -0.3 is 25.2 Å². The molecule has 6 atom stereocenters. The van der Waals surface area contributed by atoms with Crippen molar-refractivity contribution >= 4 is 60.2 Å². The van der Waals surface area contributed by atoms with E-state index in [4.69, 9.17) is 0 Å². The fourth-order valence-electron chi connectivity index (χ4n) is 7.85. The number of rotatable bonds is 5. The molecular formula is C32H28B2N2O9. The van der Waals surface area contributed by atoms with Crippen LogP contribution >= 0.6 is 0 Å². The van der Waals surface area contributed by atoms with Gasteiger partial charge in [0.15, 0.2) is 0 Å². The Kier molecular flexibility index (Phi) is 7.01. The first kappa shape index (κ1) is 29.2. The molecule has 2 aliphatic heterocycles. The lowest BCUT2D eigenvalue weighted by molar-refractivity contribution is -0.126. The summed E-state index contributed by atoms with van der Waals surface area (Å²) >= 11 is 0. The second kappa shape index (κ2) is 10.8. The van der Waals surface area contributed by atoms with Crippen LogP contribution in [0.5, 0.6) is 5.75 Å². The summed E-state index contributed by atoms with van der Waals surface area (Å²) in [7, 11) is -3.60. The number of carbonyl (C=O) groups excluding carboxylic acids is 4. The lowest BCUT2D eigenvalue weighted by Crippen LogP contribution is -2.43. The Bertz CT molecular complexity index is 1790. The number of hydrogen-bond donors (Lipinski definition) is 5. The summed E-state index contributed by atoms with van der Waals surface area (Å²) in [6.07, 6.45) is 2.20. The molecule has 6 unspecified atom stereocenters. The second-order valence-corrected chi connectivity index (χ2v) is 12.0. The molecule has 5 N–H and O–H groups in total. The van der Waals surface area contributed by atoms with Gasteiger partial charge in [-0.05, 0) is 60.0 Å². The fraction of sp³-hybridized carbons (Fsp3) is 0.250. The van der Waals surface area contributed by atoms with E-state index in [9.17, 15) is 44.4 Å². The highest BCUT2D eigenvalue weighted by Crippen LogP contribution is 2.59. The molecule has 2 saturated heterocycles. The second-order valence-electron chi connectivity index (χ2n) is 12.0. The van der Waals surface area contributed by atoms with Crippen molar-refractivity contribution in [3.8, 4) is 5.75 Å². The van der Waals surface area contributed by atoms with Crippen molar-refractivity contribution in [2.75, 3.05) is 9.80 Å². The predicted molar refractivity (Wildman–Crippen MR) is 163 cm³/mol. The third-order valence-corrected chi connectivity index (χ3v) is 9.77. The largest absolute Gasteiger partial charge is 0.508 e. The first-order chi connectivity index (χ1) is 21.6. The van der Waals surface area contributed by atoms with Gasteiger partial charge in [0.1, 0.15) is 5.75 Å². The lowest BCUT2D eigenvalue weighted by atomic mass is 9.57. The maximum absolute atomic E-state index is 14.2. The van der Waals surface area contributed by atoms with E-state index in [1.807, 2.05) is 6.08 Å². The molecule has 1 saturated carbocycles. The highest BCUT2D eigenvalue weighted by molar-refractivity contribution is 6.59. The monoisotopic (exact) mass is 606 g/mol. The van der Waals surface area contributed by atoms with Crippen molar-refractivity contribution < 1.29 is 44.4 Å². The summed E-state index contributed by atoms with van der Waals surface area (Å²) < 4.78 is 0. The summed E-state index contributed by atoms with van der Waals surface area (Å²) in [4.78, 5) is 58.2. The van der Waals surface area contributed by atoms with Crippen LogP contribution in [0.25, 0.3) is 0 Å². The van der Waals surface area contributed by atoms with Crippen LogP contribution < -0.4 is 20.7 Å². The smallest absolute Gasteiger partial charge is 0.488 e. The zero-order chi connectivity index (χ0) is 31.7. The molecule has 4 amide bonds. The van der Waals surface area contributed by atoms with E-state index in [2.05, 4.69) is 0 Å². The number of phenols is 1. The molecule has 45 heavy (non-hydrogen) atoms. The summed E-state index contributed by atoms with van der Waals surface area (Å²) in [5.41, 5.74) is 1.76. The SMILES string of the molecule is O=C1C2CC=C3C(CC4C(=O)N(c5cccc(B(O)O)c5)C(=O)C4C3c3ccccc3O)C2C(=O)N1c1cccc(B(O)O)c1. The van der Waals surface area contributed by atoms with E-state index >= 15 is 0 Å². The van der Waals surface area contributed by atoms with Crippen LogP contribution in [0.4, 0.5) is 11.4 Å². The molecule has 0 bridgehead atoms. The lowest BCUT2D eigenvalue weighted by Gasteiger charge is -2.44. The van der Waals surface area contributed by atoms with Crippen molar-refractivity contribution in [3.05, 3.63) is 90.0 Å². The van der Waals surface area contributed by atoms with Crippen molar-refractivity contribution in [2.45, 2.75) is 18.8 Å². The summed E-state index contributed by atoms with van der Waals surface area (Å²) in [5, 5.41) is 49.8. The van der Waals surface area contributed by atoms with Gasteiger partial charge in [0, 0.05) is 11.5 Å². The topological polar surface area (TPSA) is 176 Å². The zero-order valence-corrected chi connectivity index (χ0v) is 23.8. The van der Waals surface area contributed by atoms with Gasteiger partial charge in [-0.2, -0.15) is 0 Å². The van der Waals surface area contributed by atoms with E-state index in [-0.39, 0.29) is 40.9 Å². The first-order valence-electron chi connectivity index (χ1n) is 14.7. The molecule has 226 valence electrons. The van der Waals surface area contributed by atoms with E-state index < -0.39 is 73.4 Å². The molecule has 2 aliphatic carbocycles. The number of hydrogen-bond acceptors (Lipinski definition) is 9. The molecule has 0 aromatic heterocycles.